The lowest BCUT2D eigenvalue weighted by Gasteiger charge is -2.21. The molecule has 28 heavy (non-hydrogen) atoms. The molecule has 8 nitrogen and oxygen atoms in total. The SMILES string of the molecule is Cc1cccc(S(=O)(=O)N2CC[C@@]3(CC(C(=O)Nc4cccnc4)=NO3)C2)c1. The van der Waals surface area contributed by atoms with Crippen molar-refractivity contribution >= 4 is 27.3 Å². The summed E-state index contributed by atoms with van der Waals surface area (Å²) >= 11 is 0. The van der Waals surface area contributed by atoms with E-state index in [1.165, 1.54) is 10.5 Å². The molecule has 0 radical (unpaired) electrons. The molecule has 1 fully saturated rings. The number of pyridine rings is 1. The topological polar surface area (TPSA) is 101 Å². The maximum atomic E-state index is 12.9. The maximum absolute atomic E-state index is 12.9. The molecular formula is C19H20N4O4S. The van der Waals surface area contributed by atoms with Crippen molar-refractivity contribution in [2.24, 2.45) is 5.16 Å². The average Bonchev–Trinajstić information content (AvgIpc) is 3.30. The van der Waals surface area contributed by atoms with Gasteiger partial charge in [0.15, 0.2) is 5.60 Å². The van der Waals surface area contributed by atoms with Crippen LogP contribution < -0.4 is 5.32 Å². The Kier molecular flexibility index (Phi) is 4.64. The molecule has 2 aliphatic rings. The number of aromatic nitrogens is 1. The third-order valence-electron chi connectivity index (χ3n) is 4.93. The number of nitrogens with one attached hydrogen (secondary N) is 1. The maximum Gasteiger partial charge on any atom is 0.273 e. The van der Waals surface area contributed by atoms with Crippen LogP contribution in [0, 0.1) is 6.92 Å². The summed E-state index contributed by atoms with van der Waals surface area (Å²) in [4.78, 5) is 22.2. The fraction of sp³-hybridized carbons (Fsp3) is 0.316. The first-order chi connectivity index (χ1) is 13.4. The van der Waals surface area contributed by atoms with Gasteiger partial charge in [0.2, 0.25) is 10.0 Å². The third kappa shape index (κ3) is 3.50. The number of oxime groups is 1. The van der Waals surface area contributed by atoms with Gasteiger partial charge >= 0.3 is 0 Å². The highest BCUT2D eigenvalue weighted by atomic mass is 32.2. The van der Waals surface area contributed by atoms with E-state index in [1.54, 1.807) is 36.5 Å². The Hall–Kier alpha value is -2.78. The standard InChI is InChI=1S/C19H20N4O4S/c1-14-4-2-6-16(10-14)28(25,26)23-9-7-19(13-23)11-17(22-27-19)18(24)21-15-5-3-8-20-12-15/h2-6,8,10,12H,7,9,11,13H2,1H3,(H,21,24)/t19-/m1/s1. The van der Waals surface area contributed by atoms with E-state index in [0.29, 0.717) is 18.7 Å². The van der Waals surface area contributed by atoms with Crippen molar-refractivity contribution < 1.29 is 18.0 Å². The van der Waals surface area contributed by atoms with E-state index in [1.807, 2.05) is 13.0 Å². The van der Waals surface area contributed by atoms with Crippen LogP contribution in [0.2, 0.25) is 0 Å². The Balaban J connectivity index is 1.44. The number of amides is 1. The molecule has 2 aromatic rings. The molecular weight excluding hydrogens is 380 g/mol. The molecule has 2 aliphatic heterocycles. The average molecular weight is 400 g/mol. The van der Waals surface area contributed by atoms with Crippen LogP contribution >= 0.6 is 0 Å². The zero-order chi connectivity index (χ0) is 19.8. The molecule has 1 spiro atoms. The summed E-state index contributed by atoms with van der Waals surface area (Å²) < 4.78 is 27.3. The van der Waals surface area contributed by atoms with E-state index >= 15 is 0 Å². The van der Waals surface area contributed by atoms with Gasteiger partial charge in [-0.25, -0.2) is 8.42 Å². The summed E-state index contributed by atoms with van der Waals surface area (Å²) in [5.74, 6) is -0.370. The molecule has 3 heterocycles. The van der Waals surface area contributed by atoms with E-state index in [0.717, 1.165) is 5.56 Å². The number of aryl methyl sites for hydroxylation is 1. The van der Waals surface area contributed by atoms with Crippen molar-refractivity contribution in [3.05, 3.63) is 54.4 Å². The van der Waals surface area contributed by atoms with Crippen LogP contribution in [0.5, 0.6) is 0 Å². The third-order valence-corrected chi connectivity index (χ3v) is 6.77. The second kappa shape index (κ2) is 6.99. The lowest BCUT2D eigenvalue weighted by Crippen LogP contribution is -2.37. The van der Waals surface area contributed by atoms with E-state index in [9.17, 15) is 13.2 Å². The fourth-order valence-corrected chi connectivity index (χ4v) is 5.06. The summed E-state index contributed by atoms with van der Waals surface area (Å²) in [5.41, 5.74) is 0.896. The molecule has 4 rings (SSSR count). The quantitative estimate of drug-likeness (QED) is 0.845. The molecule has 1 saturated heterocycles. The Morgan fingerprint density at radius 1 is 1.29 bits per heavy atom. The summed E-state index contributed by atoms with van der Waals surface area (Å²) in [7, 11) is -3.62. The van der Waals surface area contributed by atoms with Gasteiger partial charge in [0, 0.05) is 25.6 Å². The zero-order valence-electron chi connectivity index (χ0n) is 15.3. The molecule has 0 unspecified atom stereocenters. The molecule has 0 aliphatic carbocycles. The predicted molar refractivity (Wildman–Crippen MR) is 103 cm³/mol. The van der Waals surface area contributed by atoms with Crippen LogP contribution in [0.4, 0.5) is 5.69 Å². The van der Waals surface area contributed by atoms with Gasteiger partial charge in [-0.15, -0.1) is 0 Å². The number of carbonyl (C=O) groups is 1. The lowest BCUT2D eigenvalue weighted by atomic mass is 9.96. The number of carbonyl (C=O) groups excluding carboxylic acids is 1. The van der Waals surface area contributed by atoms with Crippen molar-refractivity contribution in [1.29, 1.82) is 0 Å². The molecule has 1 aromatic carbocycles. The van der Waals surface area contributed by atoms with Gasteiger partial charge in [-0.1, -0.05) is 17.3 Å². The van der Waals surface area contributed by atoms with Crippen LogP contribution in [0.1, 0.15) is 18.4 Å². The molecule has 1 aromatic heterocycles. The van der Waals surface area contributed by atoms with E-state index < -0.39 is 15.6 Å². The van der Waals surface area contributed by atoms with E-state index in [4.69, 9.17) is 4.84 Å². The number of anilines is 1. The zero-order valence-corrected chi connectivity index (χ0v) is 16.1. The molecule has 9 heteroatoms. The molecule has 1 amide bonds. The number of sulfonamides is 1. The number of rotatable bonds is 4. The predicted octanol–water partition coefficient (Wildman–Crippen LogP) is 1.94. The highest BCUT2D eigenvalue weighted by molar-refractivity contribution is 7.89. The first-order valence-electron chi connectivity index (χ1n) is 8.91. The Bertz CT molecular complexity index is 1040. The second-order valence-electron chi connectivity index (χ2n) is 7.09. The Morgan fingerprint density at radius 2 is 2.14 bits per heavy atom. The minimum absolute atomic E-state index is 0.163. The van der Waals surface area contributed by atoms with Gasteiger partial charge in [0.05, 0.1) is 23.3 Å². The van der Waals surface area contributed by atoms with Crippen LogP contribution in [0.3, 0.4) is 0 Å². The number of nitrogens with zero attached hydrogens (tertiary/aromatic N) is 3. The fourth-order valence-electron chi connectivity index (χ4n) is 3.44. The molecule has 146 valence electrons. The summed E-state index contributed by atoms with van der Waals surface area (Å²) in [5, 5.41) is 6.65. The lowest BCUT2D eigenvalue weighted by molar-refractivity contribution is -0.110. The monoisotopic (exact) mass is 400 g/mol. The van der Waals surface area contributed by atoms with Gasteiger partial charge < -0.3 is 10.2 Å². The van der Waals surface area contributed by atoms with Crippen molar-refractivity contribution in [1.82, 2.24) is 9.29 Å². The smallest absolute Gasteiger partial charge is 0.273 e. The van der Waals surface area contributed by atoms with Crippen LogP contribution in [0.25, 0.3) is 0 Å². The molecule has 1 N–H and O–H groups in total. The summed E-state index contributed by atoms with van der Waals surface area (Å²) in [6, 6.07) is 10.3. The Morgan fingerprint density at radius 3 is 2.89 bits per heavy atom. The number of benzene rings is 1. The highest BCUT2D eigenvalue weighted by Gasteiger charge is 2.49. The normalized spacial score (nSPS) is 22.1. The number of hydrogen-bond donors (Lipinski definition) is 1. The first-order valence-corrected chi connectivity index (χ1v) is 10.4. The van der Waals surface area contributed by atoms with Crippen molar-refractivity contribution in [3.8, 4) is 0 Å². The van der Waals surface area contributed by atoms with Gasteiger partial charge in [0.1, 0.15) is 5.71 Å². The van der Waals surface area contributed by atoms with Gasteiger partial charge in [-0.2, -0.15) is 4.31 Å². The van der Waals surface area contributed by atoms with Crippen molar-refractivity contribution in [2.75, 3.05) is 18.4 Å². The van der Waals surface area contributed by atoms with Gasteiger partial charge in [-0.05, 0) is 36.8 Å². The highest BCUT2D eigenvalue weighted by Crippen LogP contribution is 2.36. The van der Waals surface area contributed by atoms with Crippen molar-refractivity contribution in [3.63, 3.8) is 0 Å². The summed E-state index contributed by atoms with van der Waals surface area (Å²) in [6.45, 7) is 2.34. The van der Waals surface area contributed by atoms with Gasteiger partial charge in [-0.3, -0.25) is 9.78 Å². The molecule has 1 atom stereocenters. The largest absolute Gasteiger partial charge is 0.387 e. The molecule has 0 saturated carbocycles. The van der Waals surface area contributed by atoms with E-state index in [-0.39, 0.29) is 29.5 Å². The van der Waals surface area contributed by atoms with Crippen LogP contribution in [-0.4, -0.2) is 48.0 Å². The minimum Gasteiger partial charge on any atom is -0.387 e. The summed E-state index contributed by atoms with van der Waals surface area (Å²) in [6.07, 6.45) is 3.89. The van der Waals surface area contributed by atoms with Crippen molar-refractivity contribution in [2.45, 2.75) is 30.3 Å². The van der Waals surface area contributed by atoms with Gasteiger partial charge in [0.25, 0.3) is 5.91 Å². The van der Waals surface area contributed by atoms with Crippen LogP contribution in [0.15, 0.2) is 58.8 Å². The second-order valence-corrected chi connectivity index (χ2v) is 9.03. The first kappa shape index (κ1) is 18.6. The number of hydrogen-bond acceptors (Lipinski definition) is 6. The molecule has 0 bridgehead atoms. The Labute approximate surface area is 163 Å². The van der Waals surface area contributed by atoms with Crippen LogP contribution in [-0.2, 0) is 19.7 Å². The minimum atomic E-state index is -3.62. The van der Waals surface area contributed by atoms with E-state index in [2.05, 4.69) is 15.5 Å².